The van der Waals surface area contributed by atoms with Gasteiger partial charge in [0.25, 0.3) is 0 Å². The van der Waals surface area contributed by atoms with Crippen molar-refractivity contribution in [2.75, 3.05) is 7.11 Å². The first-order valence-electron chi connectivity index (χ1n) is 12.2. The molecule has 0 aromatic heterocycles. The largest absolute Gasteiger partial charge is 0.496 e. The van der Waals surface area contributed by atoms with E-state index < -0.39 is 0 Å². The van der Waals surface area contributed by atoms with Gasteiger partial charge in [0, 0.05) is 12.3 Å². The van der Waals surface area contributed by atoms with Gasteiger partial charge in [0.1, 0.15) is 5.75 Å². The number of hydrogen-bond acceptors (Lipinski definition) is 3. The smallest absolute Gasteiger partial charge is 0.156 e. The highest BCUT2D eigenvalue weighted by molar-refractivity contribution is 5.93. The predicted octanol–water partition coefficient (Wildman–Crippen LogP) is 6.08. The van der Waals surface area contributed by atoms with Crippen molar-refractivity contribution in [3.8, 4) is 5.75 Å². The molecule has 2 fully saturated rings. The number of aliphatic hydroxyl groups is 1. The summed E-state index contributed by atoms with van der Waals surface area (Å²) in [5, 5.41) is 11.0. The molecular formula is C28H36O3. The first-order chi connectivity index (χ1) is 14.8. The van der Waals surface area contributed by atoms with E-state index in [1.807, 2.05) is 6.08 Å². The van der Waals surface area contributed by atoms with E-state index in [1.54, 1.807) is 12.7 Å². The van der Waals surface area contributed by atoms with Gasteiger partial charge in [-0.25, -0.2) is 0 Å². The fourth-order valence-corrected chi connectivity index (χ4v) is 7.35. The van der Waals surface area contributed by atoms with Crippen LogP contribution in [0.5, 0.6) is 5.75 Å². The van der Waals surface area contributed by atoms with E-state index in [9.17, 15) is 9.90 Å². The Kier molecular flexibility index (Phi) is 5.16. The third-order valence-corrected chi connectivity index (χ3v) is 8.96. The van der Waals surface area contributed by atoms with Crippen molar-refractivity contribution >= 4 is 5.78 Å². The highest BCUT2D eigenvalue weighted by Crippen LogP contribution is 2.64. The van der Waals surface area contributed by atoms with E-state index in [0.717, 1.165) is 44.3 Å². The molecule has 0 amide bonds. The molecular weight excluding hydrogens is 384 g/mol. The Morgan fingerprint density at radius 1 is 1.13 bits per heavy atom. The molecule has 0 radical (unpaired) electrons. The lowest BCUT2D eigenvalue weighted by atomic mass is 9.53. The van der Waals surface area contributed by atoms with Crippen LogP contribution in [-0.2, 0) is 4.79 Å². The lowest BCUT2D eigenvalue weighted by Gasteiger charge is -2.52. The SMILES string of the molecule is COc1ccc(C2CC3(C)C(O)CCC3C3CCC4=CC(=O)CCC4=C23)cc1C(C)C. The van der Waals surface area contributed by atoms with Crippen molar-refractivity contribution in [1.82, 2.24) is 0 Å². The molecule has 5 rings (SSSR count). The molecule has 1 aromatic rings. The molecule has 0 heterocycles. The zero-order valence-electron chi connectivity index (χ0n) is 19.4. The molecule has 4 aliphatic carbocycles. The first-order valence-corrected chi connectivity index (χ1v) is 12.2. The average Bonchev–Trinajstić information content (AvgIpc) is 3.06. The van der Waals surface area contributed by atoms with Gasteiger partial charge in [-0.2, -0.15) is 0 Å². The summed E-state index contributed by atoms with van der Waals surface area (Å²) in [5.41, 5.74) is 6.96. The van der Waals surface area contributed by atoms with Gasteiger partial charge in [0.2, 0.25) is 0 Å². The van der Waals surface area contributed by atoms with Gasteiger partial charge < -0.3 is 9.84 Å². The van der Waals surface area contributed by atoms with Crippen LogP contribution in [0.25, 0.3) is 0 Å². The number of hydrogen-bond donors (Lipinski definition) is 1. The van der Waals surface area contributed by atoms with Crippen LogP contribution in [0, 0.1) is 17.3 Å². The highest BCUT2D eigenvalue weighted by Gasteiger charge is 2.56. The van der Waals surface area contributed by atoms with Gasteiger partial charge in [-0.1, -0.05) is 38.5 Å². The van der Waals surface area contributed by atoms with E-state index in [0.29, 0.717) is 30.1 Å². The third kappa shape index (κ3) is 3.23. The molecule has 3 nitrogen and oxygen atoms in total. The Balaban J connectivity index is 1.68. The van der Waals surface area contributed by atoms with E-state index in [4.69, 9.17) is 4.74 Å². The van der Waals surface area contributed by atoms with Gasteiger partial charge >= 0.3 is 0 Å². The Labute approximate surface area is 186 Å². The second-order valence-electron chi connectivity index (χ2n) is 10.8. The number of aliphatic hydroxyl groups excluding tert-OH is 1. The fourth-order valence-electron chi connectivity index (χ4n) is 7.35. The summed E-state index contributed by atoms with van der Waals surface area (Å²) < 4.78 is 5.66. The number of methoxy groups -OCH3 is 1. The average molecular weight is 421 g/mol. The Morgan fingerprint density at radius 2 is 1.94 bits per heavy atom. The molecule has 1 N–H and O–H groups in total. The van der Waals surface area contributed by atoms with Crippen LogP contribution in [0.1, 0.15) is 88.7 Å². The van der Waals surface area contributed by atoms with Crippen molar-refractivity contribution in [2.24, 2.45) is 17.3 Å². The zero-order chi connectivity index (χ0) is 21.9. The number of rotatable bonds is 3. The molecule has 0 aliphatic heterocycles. The number of carbonyl (C=O) groups excluding carboxylic acids is 1. The van der Waals surface area contributed by atoms with E-state index in [1.165, 1.54) is 22.3 Å². The summed E-state index contributed by atoms with van der Waals surface area (Å²) >= 11 is 0. The number of benzene rings is 1. The number of allylic oxidation sites excluding steroid dienone is 4. The Hall–Kier alpha value is -1.87. The summed E-state index contributed by atoms with van der Waals surface area (Å²) in [6, 6.07) is 6.74. The van der Waals surface area contributed by atoms with Crippen molar-refractivity contribution in [2.45, 2.75) is 83.7 Å². The Morgan fingerprint density at radius 3 is 2.68 bits per heavy atom. The molecule has 166 valence electrons. The summed E-state index contributed by atoms with van der Waals surface area (Å²) in [5.74, 6) is 3.05. The van der Waals surface area contributed by atoms with Crippen LogP contribution >= 0.6 is 0 Å². The molecule has 5 atom stereocenters. The number of ketones is 1. The van der Waals surface area contributed by atoms with Crippen LogP contribution in [0.2, 0.25) is 0 Å². The minimum absolute atomic E-state index is 0.0248. The van der Waals surface area contributed by atoms with Crippen LogP contribution in [0.15, 0.2) is 41.0 Å². The molecule has 0 spiro atoms. The van der Waals surface area contributed by atoms with Crippen LogP contribution in [-0.4, -0.2) is 24.1 Å². The standard InChI is InChI=1S/C28H36O3/c1-16(2)22-14-18(6-11-25(22)31-4)23-15-28(3)24(10-12-26(28)30)21-8-5-17-13-19(29)7-9-20(17)27(21)23/h6,11,13-14,16,21,23-24,26,30H,5,7-10,12,15H2,1-4H3. The number of carbonyl (C=O) groups is 1. The van der Waals surface area contributed by atoms with E-state index >= 15 is 0 Å². The Bertz CT molecular complexity index is 968. The van der Waals surface area contributed by atoms with Gasteiger partial charge in [-0.15, -0.1) is 0 Å². The van der Waals surface area contributed by atoms with Gasteiger partial charge in [0.05, 0.1) is 13.2 Å². The maximum Gasteiger partial charge on any atom is 0.156 e. The monoisotopic (exact) mass is 420 g/mol. The molecule has 2 saturated carbocycles. The summed E-state index contributed by atoms with van der Waals surface area (Å²) in [6.45, 7) is 6.78. The van der Waals surface area contributed by atoms with Crippen LogP contribution < -0.4 is 4.74 Å². The maximum absolute atomic E-state index is 12.2. The molecule has 0 bridgehead atoms. The zero-order valence-corrected chi connectivity index (χ0v) is 19.4. The molecule has 4 aliphatic rings. The second-order valence-corrected chi connectivity index (χ2v) is 10.8. The quantitative estimate of drug-likeness (QED) is 0.645. The van der Waals surface area contributed by atoms with Crippen molar-refractivity contribution < 1.29 is 14.6 Å². The molecule has 3 heteroatoms. The number of ether oxygens (including phenoxy) is 1. The second kappa shape index (κ2) is 7.62. The highest BCUT2D eigenvalue weighted by atomic mass is 16.5. The topological polar surface area (TPSA) is 46.5 Å². The molecule has 5 unspecified atom stereocenters. The summed E-state index contributed by atoms with van der Waals surface area (Å²) in [7, 11) is 1.75. The van der Waals surface area contributed by atoms with E-state index in [2.05, 4.69) is 39.0 Å². The van der Waals surface area contributed by atoms with Gasteiger partial charge in [-0.05, 0) is 96.1 Å². The summed E-state index contributed by atoms with van der Waals surface area (Å²) in [6.07, 6.45) is 8.46. The van der Waals surface area contributed by atoms with Crippen LogP contribution in [0.3, 0.4) is 0 Å². The van der Waals surface area contributed by atoms with Crippen molar-refractivity contribution in [1.29, 1.82) is 0 Å². The normalized spacial score (nSPS) is 34.9. The predicted molar refractivity (Wildman–Crippen MR) is 123 cm³/mol. The van der Waals surface area contributed by atoms with Gasteiger partial charge in [0.15, 0.2) is 5.78 Å². The minimum Gasteiger partial charge on any atom is -0.496 e. The first kappa shape index (κ1) is 21.0. The lowest BCUT2D eigenvalue weighted by molar-refractivity contribution is -0.114. The number of fused-ring (bicyclic) bond motifs is 4. The third-order valence-electron chi connectivity index (χ3n) is 8.96. The van der Waals surface area contributed by atoms with Crippen molar-refractivity contribution in [3.63, 3.8) is 0 Å². The maximum atomic E-state index is 12.2. The van der Waals surface area contributed by atoms with Crippen molar-refractivity contribution in [3.05, 3.63) is 52.1 Å². The van der Waals surface area contributed by atoms with Gasteiger partial charge in [-0.3, -0.25) is 4.79 Å². The molecule has 0 saturated heterocycles. The van der Waals surface area contributed by atoms with Crippen LogP contribution in [0.4, 0.5) is 0 Å². The molecule has 1 aromatic carbocycles. The lowest BCUT2D eigenvalue weighted by Crippen LogP contribution is -2.45. The fraction of sp³-hybridized carbons (Fsp3) is 0.607. The summed E-state index contributed by atoms with van der Waals surface area (Å²) in [4.78, 5) is 12.2. The molecule has 31 heavy (non-hydrogen) atoms. The van der Waals surface area contributed by atoms with E-state index in [-0.39, 0.29) is 17.3 Å². The minimum atomic E-state index is -0.209.